The predicted molar refractivity (Wildman–Crippen MR) is 138 cm³/mol. The molecule has 188 valence electrons. The lowest BCUT2D eigenvalue weighted by Crippen LogP contribution is -2.52. The fourth-order valence-corrected chi connectivity index (χ4v) is 4.54. The lowest BCUT2D eigenvalue weighted by atomic mass is 10.0. The van der Waals surface area contributed by atoms with Gasteiger partial charge in [0.15, 0.2) is 5.15 Å². The molecule has 0 aliphatic carbocycles. The number of carbonyl (C=O) groups is 2. The summed E-state index contributed by atoms with van der Waals surface area (Å²) in [5.74, 6) is -0.559. The van der Waals surface area contributed by atoms with E-state index in [0.29, 0.717) is 35.1 Å². The summed E-state index contributed by atoms with van der Waals surface area (Å²) in [4.78, 5) is 44.9. The highest BCUT2D eigenvalue weighted by atomic mass is 35.5. The number of halogens is 2. The van der Waals surface area contributed by atoms with Gasteiger partial charge in [0.25, 0.3) is 5.56 Å². The number of hydrogen-bond acceptors (Lipinski definition) is 6. The van der Waals surface area contributed by atoms with Crippen molar-refractivity contribution in [2.24, 2.45) is 0 Å². The fraction of sp³-hybridized carbons (Fsp3) is 0.200. The van der Waals surface area contributed by atoms with Crippen LogP contribution in [-0.4, -0.2) is 60.9 Å². The van der Waals surface area contributed by atoms with E-state index in [2.05, 4.69) is 20.6 Å². The molecule has 2 amide bonds. The number of hydrogen-bond donors (Lipinski definition) is 1. The van der Waals surface area contributed by atoms with E-state index in [9.17, 15) is 14.4 Å². The minimum atomic E-state index is -0.879. The summed E-state index contributed by atoms with van der Waals surface area (Å²) < 4.78 is 2.77. The smallest absolute Gasteiger partial charge is 0.254 e. The second-order valence-corrected chi connectivity index (χ2v) is 9.31. The molecule has 12 heteroatoms. The Morgan fingerprint density at radius 3 is 2.59 bits per heavy atom. The first-order valence-corrected chi connectivity index (χ1v) is 12.2. The van der Waals surface area contributed by atoms with Gasteiger partial charge in [-0.15, -0.1) is 5.10 Å². The van der Waals surface area contributed by atoms with Crippen molar-refractivity contribution < 1.29 is 9.59 Å². The van der Waals surface area contributed by atoms with Gasteiger partial charge in [0, 0.05) is 36.2 Å². The monoisotopic (exact) mass is 537 g/mol. The zero-order chi connectivity index (χ0) is 25.9. The Kier molecular flexibility index (Phi) is 7.02. The third-order valence-corrected chi connectivity index (χ3v) is 6.43. The number of benzene rings is 2. The second kappa shape index (κ2) is 10.5. The van der Waals surface area contributed by atoms with Gasteiger partial charge in [-0.3, -0.25) is 19.0 Å². The first-order valence-electron chi connectivity index (χ1n) is 11.4. The van der Waals surface area contributed by atoms with E-state index in [1.807, 2.05) is 30.3 Å². The van der Waals surface area contributed by atoms with Gasteiger partial charge in [-0.05, 0) is 23.8 Å². The summed E-state index contributed by atoms with van der Waals surface area (Å²) in [5, 5.41) is 11.2. The van der Waals surface area contributed by atoms with Gasteiger partial charge in [0.2, 0.25) is 11.8 Å². The molecule has 1 fully saturated rings. The van der Waals surface area contributed by atoms with Crippen LogP contribution in [0.2, 0.25) is 10.2 Å². The third-order valence-electron chi connectivity index (χ3n) is 6.03. The Hall–Kier alpha value is -4.02. The van der Waals surface area contributed by atoms with Gasteiger partial charge >= 0.3 is 0 Å². The molecular formula is C25H21Cl2N7O3. The summed E-state index contributed by atoms with van der Waals surface area (Å²) in [6.07, 6.45) is 3.14. The number of aromatic nitrogens is 5. The van der Waals surface area contributed by atoms with Crippen LogP contribution in [0.15, 0.2) is 71.9 Å². The lowest BCUT2D eigenvalue weighted by Gasteiger charge is -2.31. The molecule has 1 N–H and O–H groups in total. The molecule has 1 saturated heterocycles. The molecule has 1 atom stereocenters. The average molecular weight is 538 g/mol. The van der Waals surface area contributed by atoms with Crippen LogP contribution in [0.3, 0.4) is 0 Å². The number of rotatable bonds is 6. The maximum Gasteiger partial charge on any atom is 0.254 e. The minimum Gasteiger partial charge on any atom is -0.353 e. The number of carbonyl (C=O) groups excluding carboxylic acids is 2. The quantitative estimate of drug-likeness (QED) is 0.404. The molecule has 0 bridgehead atoms. The molecule has 37 heavy (non-hydrogen) atoms. The molecule has 4 aromatic rings. The van der Waals surface area contributed by atoms with Crippen LogP contribution >= 0.6 is 23.2 Å². The number of nitrogens with zero attached hydrogens (tertiary/aromatic N) is 6. The maximum absolute atomic E-state index is 13.6. The van der Waals surface area contributed by atoms with Crippen LogP contribution < -0.4 is 10.9 Å². The molecule has 1 aliphatic heterocycles. The van der Waals surface area contributed by atoms with Crippen molar-refractivity contribution in [3.05, 3.63) is 93.2 Å². The molecule has 2 aromatic carbocycles. The van der Waals surface area contributed by atoms with Crippen LogP contribution in [0.5, 0.6) is 0 Å². The van der Waals surface area contributed by atoms with Crippen LogP contribution in [-0.2, 0) is 16.0 Å². The van der Waals surface area contributed by atoms with Gasteiger partial charge in [-0.25, -0.2) is 9.67 Å². The van der Waals surface area contributed by atoms with Crippen molar-refractivity contribution in [3.63, 3.8) is 0 Å². The molecule has 0 spiro atoms. The first-order chi connectivity index (χ1) is 17.9. The standard InChI is InChI=1S/C25H21Cl2N7O3/c26-17-6-7-20(34-13-22(27)30-31-34)18(11-17)19-12-24(36)33(15-29-19)21(10-16-4-2-1-3-5-16)25(37)32-9-8-28-23(35)14-32/h1-7,11-13,15,21H,8-10,14H2,(H,28,35). The van der Waals surface area contributed by atoms with Crippen molar-refractivity contribution >= 4 is 35.0 Å². The summed E-state index contributed by atoms with van der Waals surface area (Å²) in [6.45, 7) is 0.664. The molecule has 3 heterocycles. The first kappa shape index (κ1) is 24.7. The van der Waals surface area contributed by atoms with Gasteiger partial charge < -0.3 is 10.2 Å². The highest BCUT2D eigenvalue weighted by molar-refractivity contribution is 6.31. The Balaban J connectivity index is 1.54. The largest absolute Gasteiger partial charge is 0.353 e. The average Bonchev–Trinajstić information content (AvgIpc) is 3.33. The van der Waals surface area contributed by atoms with Gasteiger partial charge in [-0.2, -0.15) is 0 Å². The van der Waals surface area contributed by atoms with E-state index in [1.165, 1.54) is 32.7 Å². The van der Waals surface area contributed by atoms with Gasteiger partial charge in [0.1, 0.15) is 6.04 Å². The predicted octanol–water partition coefficient (Wildman–Crippen LogP) is 2.54. The van der Waals surface area contributed by atoms with Crippen LogP contribution in [0.25, 0.3) is 16.9 Å². The fourth-order valence-electron chi connectivity index (χ4n) is 4.25. The Bertz CT molecular complexity index is 1520. The zero-order valence-corrected chi connectivity index (χ0v) is 20.9. The number of piperazine rings is 1. The lowest BCUT2D eigenvalue weighted by molar-refractivity contribution is -0.140. The Morgan fingerprint density at radius 2 is 1.89 bits per heavy atom. The van der Waals surface area contributed by atoms with E-state index >= 15 is 0 Å². The zero-order valence-electron chi connectivity index (χ0n) is 19.4. The van der Waals surface area contributed by atoms with Gasteiger partial charge in [-0.1, -0.05) is 58.7 Å². The molecule has 0 radical (unpaired) electrons. The summed E-state index contributed by atoms with van der Waals surface area (Å²) in [7, 11) is 0. The minimum absolute atomic E-state index is 0.0588. The van der Waals surface area contributed by atoms with Crippen LogP contribution in [0.1, 0.15) is 11.6 Å². The Morgan fingerprint density at radius 1 is 1.08 bits per heavy atom. The van der Waals surface area contributed by atoms with E-state index in [0.717, 1.165) is 5.56 Å². The van der Waals surface area contributed by atoms with E-state index in [1.54, 1.807) is 18.2 Å². The van der Waals surface area contributed by atoms with E-state index < -0.39 is 11.6 Å². The third kappa shape index (κ3) is 5.40. The highest BCUT2D eigenvalue weighted by Crippen LogP contribution is 2.28. The molecule has 1 unspecified atom stereocenters. The van der Waals surface area contributed by atoms with E-state index in [4.69, 9.17) is 23.2 Å². The molecule has 10 nitrogen and oxygen atoms in total. The summed E-state index contributed by atoms with van der Waals surface area (Å²) in [6, 6.07) is 14.9. The van der Waals surface area contributed by atoms with Crippen molar-refractivity contribution in [3.8, 4) is 16.9 Å². The Labute approximate surface area is 221 Å². The van der Waals surface area contributed by atoms with Crippen molar-refractivity contribution in [2.75, 3.05) is 19.6 Å². The molecule has 1 aliphatic rings. The molecule has 2 aromatic heterocycles. The molecular weight excluding hydrogens is 517 g/mol. The van der Waals surface area contributed by atoms with E-state index in [-0.39, 0.29) is 29.9 Å². The number of nitrogens with one attached hydrogen (secondary N) is 1. The SMILES string of the molecule is O=C1CN(C(=O)C(Cc2ccccc2)n2cnc(-c3cc(Cl)ccc3-n3cc(Cl)nn3)cc2=O)CCN1. The topological polar surface area (TPSA) is 115 Å². The molecule has 0 saturated carbocycles. The van der Waals surface area contributed by atoms with Crippen LogP contribution in [0, 0.1) is 0 Å². The maximum atomic E-state index is 13.6. The van der Waals surface area contributed by atoms with Crippen molar-refractivity contribution in [1.82, 2.24) is 34.8 Å². The highest BCUT2D eigenvalue weighted by Gasteiger charge is 2.30. The van der Waals surface area contributed by atoms with Gasteiger partial charge in [0.05, 0.1) is 30.5 Å². The second-order valence-electron chi connectivity index (χ2n) is 8.48. The van der Waals surface area contributed by atoms with Crippen molar-refractivity contribution in [2.45, 2.75) is 12.5 Å². The number of amides is 2. The van der Waals surface area contributed by atoms with Crippen LogP contribution in [0.4, 0.5) is 0 Å². The summed E-state index contributed by atoms with van der Waals surface area (Å²) >= 11 is 12.2. The normalized spacial score (nSPS) is 14.3. The molecule has 5 rings (SSSR count). The summed E-state index contributed by atoms with van der Waals surface area (Å²) in [5.41, 5.74) is 1.90. The van der Waals surface area contributed by atoms with Crippen molar-refractivity contribution in [1.29, 1.82) is 0 Å².